The number of carbonyl (C=O) groups is 2. The van der Waals surface area contributed by atoms with Gasteiger partial charge >= 0.3 is 5.97 Å². The van der Waals surface area contributed by atoms with Crippen molar-refractivity contribution in [2.75, 3.05) is 5.32 Å². The average molecular weight is 251 g/mol. The molecule has 0 saturated heterocycles. The molecule has 6 nitrogen and oxygen atoms in total. The van der Waals surface area contributed by atoms with Crippen LogP contribution in [-0.4, -0.2) is 26.8 Å². The topological polar surface area (TPSA) is 84.2 Å². The third-order valence-electron chi connectivity index (χ3n) is 3.74. The zero-order valence-electron chi connectivity index (χ0n) is 10.9. The highest BCUT2D eigenvalue weighted by molar-refractivity contribution is 5.99. The summed E-state index contributed by atoms with van der Waals surface area (Å²) in [4.78, 5) is 23.0. The van der Waals surface area contributed by atoms with E-state index in [2.05, 4.69) is 10.4 Å². The monoisotopic (exact) mass is 251 g/mol. The molecule has 18 heavy (non-hydrogen) atoms. The van der Waals surface area contributed by atoms with Gasteiger partial charge in [0.1, 0.15) is 0 Å². The first-order chi connectivity index (χ1) is 8.25. The van der Waals surface area contributed by atoms with Gasteiger partial charge in [0.25, 0.3) is 0 Å². The van der Waals surface area contributed by atoms with Gasteiger partial charge in [0, 0.05) is 18.8 Å². The summed E-state index contributed by atoms with van der Waals surface area (Å²) in [5.41, 5.74) is 0.440. The van der Waals surface area contributed by atoms with Crippen molar-refractivity contribution in [3.63, 3.8) is 0 Å². The van der Waals surface area contributed by atoms with E-state index in [9.17, 15) is 9.59 Å². The lowest BCUT2D eigenvalue weighted by molar-refractivity contribution is -0.140. The molecular weight excluding hydrogens is 234 g/mol. The molecule has 0 aromatic carbocycles. The molecule has 0 unspecified atom stereocenters. The number of aliphatic carboxylic acids is 1. The average Bonchev–Trinajstić information content (AvgIpc) is 2.67. The van der Waals surface area contributed by atoms with Gasteiger partial charge in [-0.1, -0.05) is 13.8 Å². The standard InChI is InChI=1S/C12H17N3O3/c1-6-5-7(14-15(6)4)13-10(16)8-9(11(17)18)12(8,2)3/h5,8-9H,1-4H3,(H,17,18)(H,13,14,16)/t8-,9+/m1/s1. The van der Waals surface area contributed by atoms with Gasteiger partial charge in [0.15, 0.2) is 5.82 Å². The first-order valence-corrected chi connectivity index (χ1v) is 5.79. The first-order valence-electron chi connectivity index (χ1n) is 5.79. The number of carboxylic acids is 1. The molecule has 98 valence electrons. The summed E-state index contributed by atoms with van der Waals surface area (Å²) in [6, 6.07) is 1.75. The molecule has 1 heterocycles. The normalized spacial score (nSPS) is 24.7. The molecule has 1 aromatic heterocycles. The number of nitrogens with zero attached hydrogens (tertiary/aromatic N) is 2. The summed E-state index contributed by atoms with van der Waals surface area (Å²) in [7, 11) is 1.78. The van der Waals surface area contributed by atoms with Crippen LogP contribution in [0.5, 0.6) is 0 Å². The summed E-state index contributed by atoms with van der Waals surface area (Å²) in [6.45, 7) is 5.46. The Kier molecular flexibility index (Phi) is 2.68. The lowest BCUT2D eigenvalue weighted by Gasteiger charge is -2.02. The quantitative estimate of drug-likeness (QED) is 0.840. The molecule has 2 rings (SSSR count). The van der Waals surface area contributed by atoms with E-state index in [1.165, 1.54) is 0 Å². The summed E-state index contributed by atoms with van der Waals surface area (Å²) >= 11 is 0. The molecule has 0 aliphatic heterocycles. The van der Waals surface area contributed by atoms with Crippen molar-refractivity contribution in [3.8, 4) is 0 Å². The van der Waals surface area contributed by atoms with Crippen LogP contribution in [0.4, 0.5) is 5.82 Å². The second-order valence-corrected chi connectivity index (χ2v) is 5.40. The van der Waals surface area contributed by atoms with Gasteiger partial charge in [0.2, 0.25) is 5.91 Å². The maximum absolute atomic E-state index is 12.0. The molecule has 1 aromatic rings. The summed E-state index contributed by atoms with van der Waals surface area (Å²) in [6.07, 6.45) is 0. The third-order valence-corrected chi connectivity index (χ3v) is 3.74. The van der Waals surface area contributed by atoms with Crippen LogP contribution >= 0.6 is 0 Å². The van der Waals surface area contributed by atoms with E-state index in [-0.39, 0.29) is 5.91 Å². The minimum absolute atomic E-state index is 0.273. The Labute approximate surface area is 105 Å². The second kappa shape index (κ2) is 3.83. The Morgan fingerprint density at radius 2 is 2.06 bits per heavy atom. The van der Waals surface area contributed by atoms with Crippen molar-refractivity contribution in [2.24, 2.45) is 24.3 Å². The Hall–Kier alpha value is -1.85. The molecule has 1 fully saturated rings. The zero-order valence-corrected chi connectivity index (χ0v) is 10.9. The second-order valence-electron chi connectivity index (χ2n) is 5.40. The van der Waals surface area contributed by atoms with E-state index in [4.69, 9.17) is 5.11 Å². The number of amides is 1. The third kappa shape index (κ3) is 1.87. The van der Waals surface area contributed by atoms with Crippen LogP contribution in [0.2, 0.25) is 0 Å². The van der Waals surface area contributed by atoms with Crippen LogP contribution in [0.25, 0.3) is 0 Å². The number of nitrogens with one attached hydrogen (secondary N) is 1. The van der Waals surface area contributed by atoms with E-state index in [0.29, 0.717) is 5.82 Å². The molecule has 1 saturated carbocycles. The Bertz CT molecular complexity index is 499. The Morgan fingerprint density at radius 1 is 1.44 bits per heavy atom. The molecule has 0 spiro atoms. The molecule has 2 N–H and O–H groups in total. The highest BCUT2D eigenvalue weighted by Gasteiger charge is 2.65. The fourth-order valence-corrected chi connectivity index (χ4v) is 2.41. The van der Waals surface area contributed by atoms with E-state index in [1.807, 2.05) is 6.92 Å². The van der Waals surface area contributed by atoms with E-state index < -0.39 is 23.2 Å². The lowest BCUT2D eigenvalue weighted by atomic mass is 10.1. The SMILES string of the molecule is Cc1cc(NC(=O)[C@H]2[C@@H](C(=O)O)C2(C)C)nn1C. The number of hydrogen-bond acceptors (Lipinski definition) is 3. The minimum Gasteiger partial charge on any atom is -0.481 e. The smallest absolute Gasteiger partial charge is 0.307 e. The van der Waals surface area contributed by atoms with Crippen LogP contribution in [0.1, 0.15) is 19.5 Å². The van der Waals surface area contributed by atoms with Gasteiger partial charge in [-0.3, -0.25) is 14.3 Å². The molecular formula is C12H17N3O3. The maximum atomic E-state index is 12.0. The van der Waals surface area contributed by atoms with Gasteiger partial charge in [-0.2, -0.15) is 5.10 Å². The predicted octanol–water partition coefficient (Wildman–Crippen LogP) is 1.02. The number of carbonyl (C=O) groups excluding carboxylic acids is 1. The zero-order chi connectivity index (χ0) is 13.7. The lowest BCUT2D eigenvalue weighted by Crippen LogP contribution is -2.18. The van der Waals surface area contributed by atoms with E-state index >= 15 is 0 Å². The molecule has 6 heteroatoms. The van der Waals surface area contributed by atoms with Crippen LogP contribution in [0, 0.1) is 24.2 Å². The number of anilines is 1. The van der Waals surface area contributed by atoms with Gasteiger partial charge in [-0.15, -0.1) is 0 Å². The van der Waals surface area contributed by atoms with Gasteiger partial charge < -0.3 is 10.4 Å². The van der Waals surface area contributed by atoms with Gasteiger partial charge in [0.05, 0.1) is 11.8 Å². The van der Waals surface area contributed by atoms with Crippen LogP contribution in [-0.2, 0) is 16.6 Å². The molecule has 1 amide bonds. The highest BCUT2D eigenvalue weighted by atomic mass is 16.4. The molecule has 1 aliphatic rings. The summed E-state index contributed by atoms with van der Waals surface area (Å²) in [5, 5.41) is 15.8. The molecule has 1 aliphatic carbocycles. The summed E-state index contributed by atoms with van der Waals surface area (Å²) < 4.78 is 1.66. The fraction of sp³-hybridized carbons (Fsp3) is 0.583. The van der Waals surface area contributed by atoms with Crippen molar-refractivity contribution in [1.29, 1.82) is 0 Å². The highest BCUT2D eigenvalue weighted by Crippen LogP contribution is 2.58. The predicted molar refractivity (Wildman–Crippen MR) is 65.0 cm³/mol. The minimum atomic E-state index is -0.919. The molecule has 0 radical (unpaired) electrons. The number of aryl methyl sites for hydroxylation is 2. The first kappa shape index (κ1) is 12.6. The van der Waals surface area contributed by atoms with Crippen LogP contribution < -0.4 is 5.32 Å². The van der Waals surface area contributed by atoms with Crippen molar-refractivity contribution in [3.05, 3.63) is 11.8 Å². The van der Waals surface area contributed by atoms with Gasteiger partial charge in [-0.25, -0.2) is 0 Å². The Balaban J connectivity index is 2.08. The summed E-state index contributed by atoms with van der Waals surface area (Å²) in [5.74, 6) is -1.82. The number of hydrogen-bond donors (Lipinski definition) is 2. The molecule has 0 bridgehead atoms. The van der Waals surface area contributed by atoms with Crippen molar-refractivity contribution >= 4 is 17.7 Å². The maximum Gasteiger partial charge on any atom is 0.307 e. The van der Waals surface area contributed by atoms with E-state index in [1.54, 1.807) is 31.6 Å². The fourth-order valence-electron chi connectivity index (χ4n) is 2.41. The number of rotatable bonds is 3. The van der Waals surface area contributed by atoms with Crippen molar-refractivity contribution < 1.29 is 14.7 Å². The van der Waals surface area contributed by atoms with Crippen LogP contribution in [0.3, 0.4) is 0 Å². The van der Waals surface area contributed by atoms with E-state index in [0.717, 1.165) is 5.69 Å². The van der Waals surface area contributed by atoms with Gasteiger partial charge in [-0.05, 0) is 12.3 Å². The van der Waals surface area contributed by atoms with Crippen molar-refractivity contribution in [2.45, 2.75) is 20.8 Å². The van der Waals surface area contributed by atoms with Crippen molar-refractivity contribution in [1.82, 2.24) is 9.78 Å². The van der Waals surface area contributed by atoms with Crippen LogP contribution in [0.15, 0.2) is 6.07 Å². The Morgan fingerprint density at radius 3 is 2.44 bits per heavy atom. The number of carboxylic acid groups (broad SMARTS) is 1. The number of aromatic nitrogens is 2. The largest absolute Gasteiger partial charge is 0.481 e. The molecule has 2 atom stereocenters.